The monoisotopic (exact) mass is 248 g/mol. The second-order valence-electron chi connectivity index (χ2n) is 3.86. The van der Waals surface area contributed by atoms with Crippen molar-refractivity contribution in [2.75, 3.05) is 5.32 Å². The van der Waals surface area contributed by atoms with Gasteiger partial charge in [-0.25, -0.2) is 15.0 Å². The molecule has 17 heavy (non-hydrogen) atoms. The minimum absolute atomic E-state index is 0.715. The summed E-state index contributed by atoms with van der Waals surface area (Å²) in [6.07, 6.45) is 3.70. The summed E-state index contributed by atoms with van der Waals surface area (Å²) in [5.41, 5.74) is 2.14. The molecule has 1 N–H and O–H groups in total. The molecule has 0 spiro atoms. The lowest BCUT2D eigenvalue weighted by atomic mass is 10.2. The molecule has 0 fully saturated rings. The van der Waals surface area contributed by atoms with Gasteiger partial charge in [0.05, 0.1) is 17.2 Å². The van der Waals surface area contributed by atoms with Crippen molar-refractivity contribution < 1.29 is 0 Å². The van der Waals surface area contributed by atoms with Crippen molar-refractivity contribution >= 4 is 17.2 Å². The van der Waals surface area contributed by atoms with E-state index in [4.69, 9.17) is 0 Å². The second-order valence-corrected chi connectivity index (χ2v) is 4.92. The largest absolute Gasteiger partial charge is 0.364 e. The lowest BCUT2D eigenvalue weighted by Crippen LogP contribution is -2.03. The molecule has 0 atom stereocenters. The van der Waals surface area contributed by atoms with E-state index in [2.05, 4.69) is 32.6 Å². The number of thiazole rings is 1. The Morgan fingerprint density at radius 2 is 2.18 bits per heavy atom. The average molecular weight is 248 g/mol. The van der Waals surface area contributed by atoms with E-state index in [1.165, 1.54) is 0 Å². The van der Waals surface area contributed by atoms with Gasteiger partial charge in [0.2, 0.25) is 0 Å². The Morgan fingerprint density at radius 3 is 2.88 bits per heavy atom. The van der Waals surface area contributed by atoms with Gasteiger partial charge in [-0.15, -0.1) is 11.3 Å². The van der Waals surface area contributed by atoms with Crippen LogP contribution in [0, 0.1) is 6.92 Å². The van der Waals surface area contributed by atoms with E-state index in [1.54, 1.807) is 17.7 Å². The van der Waals surface area contributed by atoms with E-state index in [0.717, 1.165) is 35.1 Å². The van der Waals surface area contributed by atoms with Crippen LogP contribution >= 0.6 is 11.3 Å². The summed E-state index contributed by atoms with van der Waals surface area (Å²) in [6, 6.07) is 2.00. The second kappa shape index (κ2) is 5.72. The zero-order valence-corrected chi connectivity index (χ0v) is 10.9. The molecule has 2 rings (SSSR count). The molecule has 4 nitrogen and oxygen atoms in total. The van der Waals surface area contributed by atoms with Crippen LogP contribution in [0.2, 0.25) is 0 Å². The van der Waals surface area contributed by atoms with E-state index in [9.17, 15) is 0 Å². The van der Waals surface area contributed by atoms with Gasteiger partial charge in [-0.3, -0.25) is 0 Å². The summed E-state index contributed by atoms with van der Waals surface area (Å²) in [5, 5.41) is 6.43. The smallest absolute Gasteiger partial charge is 0.129 e. The zero-order valence-electron chi connectivity index (χ0n) is 10.1. The van der Waals surface area contributed by atoms with E-state index in [0.29, 0.717) is 6.54 Å². The molecule has 0 aliphatic rings. The maximum Gasteiger partial charge on any atom is 0.129 e. The summed E-state index contributed by atoms with van der Waals surface area (Å²) in [4.78, 5) is 12.8. The zero-order chi connectivity index (χ0) is 12.1. The Morgan fingerprint density at radius 1 is 1.29 bits per heavy atom. The van der Waals surface area contributed by atoms with Crippen LogP contribution in [0.15, 0.2) is 17.8 Å². The van der Waals surface area contributed by atoms with Crippen LogP contribution in [0.5, 0.6) is 0 Å². The molecule has 0 saturated carbocycles. The van der Waals surface area contributed by atoms with Gasteiger partial charge in [0.25, 0.3) is 0 Å². The van der Waals surface area contributed by atoms with Crippen LogP contribution < -0.4 is 5.32 Å². The maximum absolute atomic E-state index is 4.40. The van der Waals surface area contributed by atoms with Gasteiger partial charge >= 0.3 is 0 Å². The summed E-state index contributed by atoms with van der Waals surface area (Å²) >= 11 is 1.67. The lowest BCUT2D eigenvalue weighted by molar-refractivity contribution is 0.871. The standard InChI is InChI=1S/C12H16N4S/c1-3-4-10-5-12(15-8-14-10)13-6-11-7-17-9(2)16-11/h5,7-8H,3-4,6H2,1-2H3,(H,13,14,15). The number of hydrogen-bond donors (Lipinski definition) is 1. The highest BCUT2D eigenvalue weighted by molar-refractivity contribution is 7.09. The molecule has 0 saturated heterocycles. The van der Waals surface area contributed by atoms with Crippen molar-refractivity contribution in [3.05, 3.63) is 34.2 Å². The first kappa shape index (κ1) is 12.0. The van der Waals surface area contributed by atoms with Crippen LogP contribution in [0.1, 0.15) is 29.7 Å². The minimum Gasteiger partial charge on any atom is -0.364 e. The molecule has 0 aromatic carbocycles. The molecule has 5 heteroatoms. The molecule has 90 valence electrons. The number of anilines is 1. The fraction of sp³-hybridized carbons (Fsp3) is 0.417. The van der Waals surface area contributed by atoms with E-state index >= 15 is 0 Å². The topological polar surface area (TPSA) is 50.7 Å². The SMILES string of the molecule is CCCc1cc(NCc2csc(C)n2)ncn1. The third-order valence-electron chi connectivity index (χ3n) is 2.35. The summed E-state index contributed by atoms with van der Waals surface area (Å²) in [6.45, 7) is 4.87. The number of nitrogens with zero attached hydrogens (tertiary/aromatic N) is 3. The molecule has 2 heterocycles. The molecule has 0 bridgehead atoms. The van der Waals surface area contributed by atoms with Crippen LogP contribution in [0.25, 0.3) is 0 Å². The van der Waals surface area contributed by atoms with Crippen LogP contribution in [-0.2, 0) is 13.0 Å². The highest BCUT2D eigenvalue weighted by atomic mass is 32.1. The van der Waals surface area contributed by atoms with Crippen LogP contribution in [0.4, 0.5) is 5.82 Å². The number of rotatable bonds is 5. The molecule has 0 unspecified atom stereocenters. The molecule has 0 amide bonds. The van der Waals surface area contributed by atoms with Crippen molar-refractivity contribution in [2.24, 2.45) is 0 Å². The van der Waals surface area contributed by atoms with Crippen LogP contribution in [-0.4, -0.2) is 15.0 Å². The van der Waals surface area contributed by atoms with E-state index < -0.39 is 0 Å². The minimum atomic E-state index is 0.715. The van der Waals surface area contributed by atoms with Crippen molar-refractivity contribution in [1.82, 2.24) is 15.0 Å². The number of aromatic nitrogens is 3. The fourth-order valence-electron chi connectivity index (χ4n) is 1.56. The summed E-state index contributed by atoms with van der Waals surface area (Å²) < 4.78 is 0. The Bertz CT molecular complexity index is 481. The first-order valence-corrected chi connectivity index (χ1v) is 6.61. The van der Waals surface area contributed by atoms with Crippen molar-refractivity contribution in [3.63, 3.8) is 0 Å². The molecular weight excluding hydrogens is 232 g/mol. The van der Waals surface area contributed by atoms with Gasteiger partial charge in [-0.1, -0.05) is 13.3 Å². The average Bonchev–Trinajstić information content (AvgIpc) is 2.74. The highest BCUT2D eigenvalue weighted by Gasteiger charge is 2.00. The predicted octanol–water partition coefficient (Wildman–Crippen LogP) is 2.81. The number of nitrogens with one attached hydrogen (secondary N) is 1. The Labute approximate surface area is 105 Å². The molecular formula is C12H16N4S. The molecule has 0 aliphatic heterocycles. The van der Waals surface area contributed by atoms with Gasteiger partial charge in [0.1, 0.15) is 12.1 Å². The van der Waals surface area contributed by atoms with E-state index in [1.807, 2.05) is 13.0 Å². The molecule has 2 aromatic heterocycles. The first-order valence-electron chi connectivity index (χ1n) is 5.73. The van der Waals surface area contributed by atoms with Gasteiger partial charge in [0.15, 0.2) is 0 Å². The van der Waals surface area contributed by atoms with Crippen LogP contribution in [0.3, 0.4) is 0 Å². The summed E-state index contributed by atoms with van der Waals surface area (Å²) in [5.74, 6) is 0.870. The van der Waals surface area contributed by atoms with Gasteiger partial charge in [0, 0.05) is 17.1 Å². The quantitative estimate of drug-likeness (QED) is 0.884. The third-order valence-corrected chi connectivity index (χ3v) is 3.17. The lowest BCUT2D eigenvalue weighted by Gasteiger charge is -2.04. The normalized spacial score (nSPS) is 10.5. The molecule has 2 aromatic rings. The highest BCUT2D eigenvalue weighted by Crippen LogP contribution is 2.11. The van der Waals surface area contributed by atoms with E-state index in [-0.39, 0.29) is 0 Å². The Kier molecular flexibility index (Phi) is 4.03. The van der Waals surface area contributed by atoms with Crippen molar-refractivity contribution in [3.8, 4) is 0 Å². The fourth-order valence-corrected chi connectivity index (χ4v) is 2.17. The maximum atomic E-state index is 4.40. The summed E-state index contributed by atoms with van der Waals surface area (Å²) in [7, 11) is 0. The number of aryl methyl sites for hydroxylation is 2. The van der Waals surface area contributed by atoms with Crippen molar-refractivity contribution in [1.29, 1.82) is 0 Å². The Balaban J connectivity index is 1.96. The van der Waals surface area contributed by atoms with Gasteiger partial charge in [-0.05, 0) is 13.3 Å². The van der Waals surface area contributed by atoms with Gasteiger partial charge < -0.3 is 5.32 Å². The number of hydrogen-bond acceptors (Lipinski definition) is 5. The molecule has 0 radical (unpaired) electrons. The first-order chi connectivity index (χ1) is 8.28. The van der Waals surface area contributed by atoms with Crippen molar-refractivity contribution in [2.45, 2.75) is 33.2 Å². The predicted molar refractivity (Wildman–Crippen MR) is 70.2 cm³/mol. The third kappa shape index (κ3) is 3.49. The Hall–Kier alpha value is -1.49. The van der Waals surface area contributed by atoms with Gasteiger partial charge in [-0.2, -0.15) is 0 Å². The molecule has 0 aliphatic carbocycles.